The summed E-state index contributed by atoms with van der Waals surface area (Å²) >= 11 is 5.82. The van der Waals surface area contributed by atoms with Gasteiger partial charge in [-0.1, -0.05) is 0 Å². The number of aromatic nitrogens is 4. The second-order valence-corrected chi connectivity index (χ2v) is 4.93. The minimum absolute atomic E-state index is 0.269. The van der Waals surface area contributed by atoms with Crippen molar-refractivity contribution in [2.45, 2.75) is 19.5 Å². The van der Waals surface area contributed by atoms with Crippen LogP contribution in [0.4, 0.5) is 4.39 Å². The molecule has 0 aliphatic heterocycles. The molecule has 0 N–H and O–H groups in total. The van der Waals surface area contributed by atoms with Gasteiger partial charge in [-0.05, 0) is 12.1 Å². The van der Waals surface area contributed by atoms with Crippen molar-refractivity contribution in [1.29, 1.82) is 0 Å². The Balaban J connectivity index is 1.95. The lowest BCUT2D eigenvalue weighted by atomic mass is 10.3. The summed E-state index contributed by atoms with van der Waals surface area (Å²) in [6, 6.07) is 4.69. The Hall–Kier alpha value is -1.88. The van der Waals surface area contributed by atoms with Gasteiger partial charge in [0.05, 0.1) is 17.4 Å². The van der Waals surface area contributed by atoms with Crippen molar-refractivity contribution < 1.29 is 4.39 Å². The number of hydrogen-bond acceptors (Lipinski definition) is 2. The number of nitrogens with zero attached hydrogens (tertiary/aromatic N) is 4. The van der Waals surface area contributed by atoms with Crippen molar-refractivity contribution >= 4 is 22.6 Å². The third-order valence-corrected chi connectivity index (χ3v) is 3.44. The smallest absolute Gasteiger partial charge is 0.125 e. The molecule has 20 heavy (non-hydrogen) atoms. The lowest BCUT2D eigenvalue weighted by Crippen LogP contribution is -2.09. The lowest BCUT2D eigenvalue weighted by molar-refractivity contribution is 0.572. The van der Waals surface area contributed by atoms with Crippen LogP contribution in [0.15, 0.2) is 36.9 Å². The quantitative estimate of drug-likeness (QED) is 0.678. The van der Waals surface area contributed by atoms with Crippen LogP contribution in [0.1, 0.15) is 5.82 Å². The highest BCUT2D eigenvalue weighted by molar-refractivity contribution is 6.17. The van der Waals surface area contributed by atoms with Crippen LogP contribution < -0.4 is 0 Å². The first kappa shape index (κ1) is 13.1. The van der Waals surface area contributed by atoms with Crippen molar-refractivity contribution in [3.05, 3.63) is 48.6 Å². The second kappa shape index (κ2) is 5.63. The topological polar surface area (TPSA) is 35.6 Å². The van der Waals surface area contributed by atoms with E-state index in [4.69, 9.17) is 11.6 Å². The molecule has 3 rings (SSSR count). The van der Waals surface area contributed by atoms with Gasteiger partial charge in [0.2, 0.25) is 0 Å². The first-order valence-electron chi connectivity index (χ1n) is 6.44. The molecule has 0 fully saturated rings. The van der Waals surface area contributed by atoms with Crippen molar-refractivity contribution in [1.82, 2.24) is 19.1 Å². The number of halogens is 2. The van der Waals surface area contributed by atoms with Crippen LogP contribution in [-0.4, -0.2) is 25.0 Å². The van der Waals surface area contributed by atoms with Crippen molar-refractivity contribution in [2.75, 3.05) is 5.88 Å². The lowest BCUT2D eigenvalue weighted by Gasteiger charge is -2.09. The molecule has 104 valence electrons. The Labute approximate surface area is 120 Å². The second-order valence-electron chi connectivity index (χ2n) is 4.55. The van der Waals surface area contributed by atoms with Crippen molar-refractivity contribution in [3.8, 4) is 0 Å². The molecule has 2 aromatic heterocycles. The fourth-order valence-electron chi connectivity index (χ4n) is 2.31. The molecular formula is C14H14ClFN4. The third-order valence-electron chi connectivity index (χ3n) is 3.25. The van der Waals surface area contributed by atoms with Gasteiger partial charge < -0.3 is 9.13 Å². The molecule has 4 nitrogen and oxygen atoms in total. The fourth-order valence-corrected chi connectivity index (χ4v) is 2.48. The molecule has 0 aliphatic carbocycles. The summed E-state index contributed by atoms with van der Waals surface area (Å²) in [4.78, 5) is 8.50. The Morgan fingerprint density at radius 2 is 2.15 bits per heavy atom. The largest absolute Gasteiger partial charge is 0.336 e. The van der Waals surface area contributed by atoms with Gasteiger partial charge in [-0.3, -0.25) is 0 Å². The van der Waals surface area contributed by atoms with Gasteiger partial charge in [0.25, 0.3) is 0 Å². The predicted octanol–water partition coefficient (Wildman–Crippen LogP) is 2.85. The monoisotopic (exact) mass is 292 g/mol. The van der Waals surface area contributed by atoms with E-state index in [1.807, 2.05) is 10.8 Å². The first-order valence-corrected chi connectivity index (χ1v) is 6.98. The molecule has 0 amide bonds. The van der Waals surface area contributed by atoms with Gasteiger partial charge in [0, 0.05) is 43.9 Å². The number of hydrogen-bond donors (Lipinski definition) is 0. The Morgan fingerprint density at radius 1 is 1.25 bits per heavy atom. The maximum atomic E-state index is 13.3. The zero-order valence-corrected chi connectivity index (χ0v) is 11.6. The molecule has 0 atom stereocenters. The van der Waals surface area contributed by atoms with Gasteiger partial charge in [-0.2, -0.15) is 0 Å². The summed E-state index contributed by atoms with van der Waals surface area (Å²) in [5.41, 5.74) is 1.61. The van der Waals surface area contributed by atoms with Crippen LogP contribution >= 0.6 is 11.6 Å². The van der Waals surface area contributed by atoms with E-state index in [0.717, 1.165) is 24.4 Å². The molecule has 0 radical (unpaired) electrons. The van der Waals surface area contributed by atoms with E-state index in [1.54, 1.807) is 18.6 Å². The highest BCUT2D eigenvalue weighted by Gasteiger charge is 2.11. The molecular weight excluding hydrogens is 279 g/mol. The third kappa shape index (κ3) is 2.54. The maximum Gasteiger partial charge on any atom is 0.125 e. The summed E-state index contributed by atoms with van der Waals surface area (Å²) < 4.78 is 17.4. The molecule has 1 aromatic carbocycles. The fraction of sp³-hybridized carbons (Fsp3) is 0.286. The first-order chi connectivity index (χ1) is 9.78. The molecule has 0 saturated heterocycles. The number of rotatable bonds is 5. The van der Waals surface area contributed by atoms with Crippen molar-refractivity contribution in [3.63, 3.8) is 0 Å². The molecule has 0 aliphatic rings. The van der Waals surface area contributed by atoms with Crippen LogP contribution in [0.5, 0.6) is 0 Å². The molecule has 0 unspecified atom stereocenters. The van der Waals surface area contributed by atoms with E-state index in [1.165, 1.54) is 12.1 Å². The number of alkyl halides is 1. The summed E-state index contributed by atoms with van der Waals surface area (Å²) in [6.45, 7) is 1.54. The minimum Gasteiger partial charge on any atom is -0.336 e. The molecule has 6 heteroatoms. The summed E-state index contributed by atoms with van der Waals surface area (Å²) in [7, 11) is 0. The molecule has 2 heterocycles. The van der Waals surface area contributed by atoms with Crippen LogP contribution in [0.3, 0.4) is 0 Å². The van der Waals surface area contributed by atoms with Crippen LogP contribution in [-0.2, 0) is 19.5 Å². The SMILES string of the molecule is Fc1ccc2c(c1)nc(CCCl)n2CCn1ccnc1. The van der Waals surface area contributed by atoms with Gasteiger partial charge in [0.1, 0.15) is 11.6 Å². The number of fused-ring (bicyclic) bond motifs is 1. The van der Waals surface area contributed by atoms with E-state index in [2.05, 4.69) is 14.5 Å². The standard InChI is InChI=1S/C14H14ClFN4/c15-4-3-14-18-12-9-11(16)1-2-13(12)20(14)8-7-19-6-5-17-10-19/h1-2,5-6,9-10H,3-4,7-8H2. The number of benzene rings is 1. The number of imidazole rings is 2. The van der Waals surface area contributed by atoms with Crippen LogP contribution in [0, 0.1) is 5.82 Å². The van der Waals surface area contributed by atoms with Gasteiger partial charge in [-0.15, -0.1) is 11.6 Å². The van der Waals surface area contributed by atoms with Gasteiger partial charge in [0.15, 0.2) is 0 Å². The zero-order valence-electron chi connectivity index (χ0n) is 10.8. The van der Waals surface area contributed by atoms with E-state index in [0.29, 0.717) is 17.8 Å². The van der Waals surface area contributed by atoms with E-state index >= 15 is 0 Å². The normalized spacial score (nSPS) is 11.3. The van der Waals surface area contributed by atoms with Gasteiger partial charge >= 0.3 is 0 Å². The molecule has 0 saturated carbocycles. The average molecular weight is 293 g/mol. The summed E-state index contributed by atoms with van der Waals surface area (Å²) in [6.07, 6.45) is 6.11. The Morgan fingerprint density at radius 3 is 2.90 bits per heavy atom. The highest BCUT2D eigenvalue weighted by atomic mass is 35.5. The summed E-state index contributed by atoms with van der Waals surface area (Å²) in [5.74, 6) is 1.12. The Kier molecular flexibility index (Phi) is 3.69. The van der Waals surface area contributed by atoms with Gasteiger partial charge in [-0.25, -0.2) is 14.4 Å². The molecule has 3 aromatic rings. The van der Waals surface area contributed by atoms with E-state index in [-0.39, 0.29) is 5.82 Å². The highest BCUT2D eigenvalue weighted by Crippen LogP contribution is 2.18. The maximum absolute atomic E-state index is 13.3. The van der Waals surface area contributed by atoms with Crippen molar-refractivity contribution in [2.24, 2.45) is 0 Å². The number of aryl methyl sites for hydroxylation is 3. The average Bonchev–Trinajstić information content (AvgIpc) is 3.04. The zero-order chi connectivity index (χ0) is 13.9. The van der Waals surface area contributed by atoms with E-state index in [9.17, 15) is 4.39 Å². The van der Waals surface area contributed by atoms with Crippen LogP contribution in [0.2, 0.25) is 0 Å². The minimum atomic E-state index is -0.269. The predicted molar refractivity (Wildman–Crippen MR) is 76.3 cm³/mol. The van der Waals surface area contributed by atoms with E-state index < -0.39 is 0 Å². The van der Waals surface area contributed by atoms with Crippen LogP contribution in [0.25, 0.3) is 11.0 Å². The summed E-state index contributed by atoms with van der Waals surface area (Å²) in [5, 5.41) is 0. The molecule has 0 bridgehead atoms. The molecule has 0 spiro atoms. The Bertz CT molecular complexity index is 705.